The lowest BCUT2D eigenvalue weighted by molar-refractivity contribution is -0.133. The highest BCUT2D eigenvalue weighted by atomic mass is 16.2. The summed E-state index contributed by atoms with van der Waals surface area (Å²) in [4.78, 5) is 16.5. The minimum Gasteiger partial charge on any atom is -0.396 e. The number of anilines is 1. The van der Waals surface area contributed by atoms with E-state index in [1.54, 1.807) is 4.68 Å². The number of likely N-dealkylation sites (N-methyl/N-ethyl adjacent to an activating group) is 1. The maximum atomic E-state index is 12.4. The van der Waals surface area contributed by atoms with Crippen molar-refractivity contribution < 1.29 is 4.79 Å². The topological polar surface area (TPSA) is 67.4 Å². The number of carbonyl (C=O) groups is 1. The van der Waals surface area contributed by atoms with Crippen LogP contribution >= 0.6 is 0 Å². The molecule has 2 rings (SSSR count). The maximum Gasteiger partial charge on any atom is 0.244 e. The van der Waals surface area contributed by atoms with Crippen LogP contribution in [0.4, 0.5) is 5.69 Å². The van der Waals surface area contributed by atoms with Crippen molar-refractivity contribution in [2.24, 2.45) is 0 Å². The van der Waals surface area contributed by atoms with Crippen molar-refractivity contribution in [2.45, 2.75) is 33.2 Å². The fraction of sp³-hybridized carbons (Fsp3) is 0.714. The fourth-order valence-electron chi connectivity index (χ4n) is 2.61. The summed E-state index contributed by atoms with van der Waals surface area (Å²) >= 11 is 0. The van der Waals surface area contributed by atoms with Crippen molar-refractivity contribution in [3.05, 3.63) is 11.4 Å². The molecule has 1 aromatic heterocycles. The molecule has 0 aliphatic carbocycles. The third-order valence-electron chi connectivity index (χ3n) is 3.99. The molecule has 1 aromatic rings. The first-order chi connectivity index (χ1) is 9.56. The Morgan fingerprint density at radius 2 is 1.85 bits per heavy atom. The van der Waals surface area contributed by atoms with Gasteiger partial charge in [-0.1, -0.05) is 13.8 Å². The molecule has 1 aliphatic heterocycles. The van der Waals surface area contributed by atoms with E-state index < -0.39 is 0 Å². The van der Waals surface area contributed by atoms with Gasteiger partial charge < -0.3 is 15.5 Å². The summed E-state index contributed by atoms with van der Waals surface area (Å²) < 4.78 is 1.79. The van der Waals surface area contributed by atoms with E-state index in [9.17, 15) is 4.79 Å². The van der Waals surface area contributed by atoms with Gasteiger partial charge in [0.1, 0.15) is 6.54 Å². The van der Waals surface area contributed by atoms with Crippen molar-refractivity contribution in [3.8, 4) is 0 Å². The molecule has 1 aliphatic rings. The molecule has 6 nitrogen and oxygen atoms in total. The smallest absolute Gasteiger partial charge is 0.244 e. The number of carbonyl (C=O) groups excluding carboxylic acids is 1. The second-order valence-electron chi connectivity index (χ2n) is 5.36. The molecule has 0 spiro atoms. The number of nitrogens with two attached hydrogens (primary N) is 1. The minimum atomic E-state index is 0.137. The highest BCUT2D eigenvalue weighted by molar-refractivity contribution is 5.76. The Morgan fingerprint density at radius 1 is 1.20 bits per heavy atom. The van der Waals surface area contributed by atoms with E-state index >= 15 is 0 Å². The molecule has 6 heteroatoms. The quantitative estimate of drug-likeness (QED) is 0.864. The normalized spacial score (nSPS) is 16.6. The first-order valence-corrected chi connectivity index (χ1v) is 7.37. The van der Waals surface area contributed by atoms with E-state index in [1.807, 2.05) is 18.7 Å². The fourth-order valence-corrected chi connectivity index (χ4v) is 2.61. The minimum absolute atomic E-state index is 0.137. The number of piperazine rings is 1. The van der Waals surface area contributed by atoms with Crippen LogP contribution in [-0.2, 0) is 24.2 Å². The SMILES string of the molecule is CCc1nn(CC(=O)N2CCN(C)CC2)c(CC)c1N. The second kappa shape index (κ2) is 6.26. The number of rotatable bonds is 4. The lowest BCUT2D eigenvalue weighted by atomic mass is 10.2. The Hall–Kier alpha value is -1.56. The highest BCUT2D eigenvalue weighted by Crippen LogP contribution is 2.18. The largest absolute Gasteiger partial charge is 0.396 e. The zero-order valence-corrected chi connectivity index (χ0v) is 12.7. The number of nitrogens with zero attached hydrogens (tertiary/aromatic N) is 4. The van der Waals surface area contributed by atoms with Gasteiger partial charge in [-0.3, -0.25) is 9.48 Å². The van der Waals surface area contributed by atoms with Crippen LogP contribution in [0.25, 0.3) is 0 Å². The third kappa shape index (κ3) is 2.95. The van der Waals surface area contributed by atoms with Gasteiger partial charge in [-0.05, 0) is 19.9 Å². The zero-order chi connectivity index (χ0) is 14.7. The Bertz CT molecular complexity index is 474. The zero-order valence-electron chi connectivity index (χ0n) is 12.7. The van der Waals surface area contributed by atoms with Crippen LogP contribution in [0.5, 0.6) is 0 Å². The number of hydrogen-bond donors (Lipinski definition) is 1. The van der Waals surface area contributed by atoms with Gasteiger partial charge in [-0.2, -0.15) is 5.10 Å². The summed E-state index contributed by atoms with van der Waals surface area (Å²) in [5, 5.41) is 4.48. The number of aromatic nitrogens is 2. The molecule has 0 atom stereocenters. The Labute approximate surface area is 120 Å². The standard InChI is InChI=1S/C14H25N5O/c1-4-11-14(15)12(5-2)19(16-11)10-13(20)18-8-6-17(3)7-9-18/h4-10,15H2,1-3H3. The summed E-state index contributed by atoms with van der Waals surface area (Å²) in [7, 11) is 2.08. The molecule has 0 bridgehead atoms. The van der Waals surface area contributed by atoms with Crippen LogP contribution in [0.3, 0.4) is 0 Å². The van der Waals surface area contributed by atoms with E-state index in [-0.39, 0.29) is 5.91 Å². The lowest BCUT2D eigenvalue weighted by Crippen LogP contribution is -2.48. The van der Waals surface area contributed by atoms with Gasteiger partial charge in [0.25, 0.3) is 0 Å². The first-order valence-electron chi connectivity index (χ1n) is 7.37. The predicted molar refractivity (Wildman–Crippen MR) is 79.5 cm³/mol. The Morgan fingerprint density at radius 3 is 2.40 bits per heavy atom. The molecule has 2 N–H and O–H groups in total. The molecule has 1 saturated heterocycles. The van der Waals surface area contributed by atoms with Gasteiger partial charge in [0, 0.05) is 26.2 Å². The Balaban J connectivity index is 2.07. The third-order valence-corrected chi connectivity index (χ3v) is 3.99. The number of nitrogen functional groups attached to an aromatic ring is 1. The van der Waals surface area contributed by atoms with Crippen LogP contribution in [0.2, 0.25) is 0 Å². The van der Waals surface area contributed by atoms with Gasteiger partial charge in [0.15, 0.2) is 0 Å². The average molecular weight is 279 g/mol. The molecular weight excluding hydrogens is 254 g/mol. The summed E-state index contributed by atoms with van der Waals surface area (Å²) in [5.41, 5.74) is 8.71. The molecule has 112 valence electrons. The molecule has 0 saturated carbocycles. The van der Waals surface area contributed by atoms with Crippen molar-refractivity contribution in [1.29, 1.82) is 0 Å². The molecule has 1 amide bonds. The van der Waals surface area contributed by atoms with Gasteiger partial charge in [-0.15, -0.1) is 0 Å². The van der Waals surface area contributed by atoms with Crippen LogP contribution < -0.4 is 5.73 Å². The summed E-state index contributed by atoms with van der Waals surface area (Å²) in [6.45, 7) is 7.86. The molecule has 1 fully saturated rings. The highest BCUT2D eigenvalue weighted by Gasteiger charge is 2.21. The molecular formula is C14H25N5O. The molecule has 0 radical (unpaired) electrons. The van der Waals surface area contributed by atoms with Crippen LogP contribution in [0.15, 0.2) is 0 Å². The van der Waals surface area contributed by atoms with Crippen LogP contribution in [-0.4, -0.2) is 58.7 Å². The molecule has 20 heavy (non-hydrogen) atoms. The summed E-state index contributed by atoms with van der Waals surface area (Å²) in [5.74, 6) is 0.137. The second-order valence-corrected chi connectivity index (χ2v) is 5.36. The Kier molecular flexibility index (Phi) is 4.65. The lowest BCUT2D eigenvalue weighted by Gasteiger charge is -2.32. The van der Waals surface area contributed by atoms with E-state index in [0.717, 1.165) is 56.1 Å². The maximum absolute atomic E-state index is 12.4. The average Bonchev–Trinajstić information content (AvgIpc) is 2.74. The summed E-state index contributed by atoms with van der Waals surface area (Å²) in [6.07, 6.45) is 1.60. The van der Waals surface area contributed by atoms with Crippen molar-refractivity contribution in [3.63, 3.8) is 0 Å². The van der Waals surface area contributed by atoms with Crippen molar-refractivity contribution in [2.75, 3.05) is 39.0 Å². The molecule has 0 aromatic carbocycles. The predicted octanol–water partition coefficient (Wildman–Crippen LogP) is 0.364. The summed E-state index contributed by atoms with van der Waals surface area (Å²) in [6, 6.07) is 0. The van der Waals surface area contributed by atoms with Crippen molar-refractivity contribution in [1.82, 2.24) is 19.6 Å². The van der Waals surface area contributed by atoms with Crippen LogP contribution in [0, 0.1) is 0 Å². The van der Waals surface area contributed by atoms with Gasteiger partial charge in [0.2, 0.25) is 5.91 Å². The van der Waals surface area contributed by atoms with Gasteiger partial charge in [-0.25, -0.2) is 0 Å². The van der Waals surface area contributed by atoms with E-state index in [1.165, 1.54) is 0 Å². The number of amides is 1. The van der Waals surface area contributed by atoms with E-state index in [4.69, 9.17) is 5.73 Å². The van der Waals surface area contributed by atoms with Crippen molar-refractivity contribution >= 4 is 11.6 Å². The van der Waals surface area contributed by atoms with Gasteiger partial charge in [0.05, 0.1) is 17.1 Å². The van der Waals surface area contributed by atoms with E-state index in [2.05, 4.69) is 17.0 Å². The number of aryl methyl sites for hydroxylation is 1. The molecule has 2 heterocycles. The van der Waals surface area contributed by atoms with E-state index in [0.29, 0.717) is 6.54 Å². The molecule has 0 unspecified atom stereocenters. The number of hydrogen-bond acceptors (Lipinski definition) is 4. The van der Waals surface area contributed by atoms with Crippen LogP contribution in [0.1, 0.15) is 25.2 Å². The van der Waals surface area contributed by atoms with Gasteiger partial charge >= 0.3 is 0 Å². The first kappa shape index (κ1) is 14.8. The monoisotopic (exact) mass is 279 g/mol.